The molecule has 0 amide bonds. The van der Waals surface area contributed by atoms with Gasteiger partial charge < -0.3 is 5.73 Å². The lowest BCUT2D eigenvalue weighted by atomic mass is 10.3. The van der Waals surface area contributed by atoms with Crippen LogP contribution in [0.3, 0.4) is 0 Å². The SMILES string of the molecule is Cc1nn(C)c(N)c1N=Nc1n[nH]c(C)c1C#N. The van der Waals surface area contributed by atoms with E-state index in [4.69, 9.17) is 11.0 Å². The van der Waals surface area contributed by atoms with E-state index < -0.39 is 0 Å². The molecule has 2 rings (SSSR count). The highest BCUT2D eigenvalue weighted by Crippen LogP contribution is 2.28. The molecule has 0 bridgehead atoms. The molecule has 2 aromatic rings. The minimum atomic E-state index is 0.248. The number of anilines is 1. The molecule has 0 atom stereocenters. The van der Waals surface area contributed by atoms with Gasteiger partial charge in [0.1, 0.15) is 17.5 Å². The minimum Gasteiger partial charge on any atom is -0.382 e. The van der Waals surface area contributed by atoms with E-state index in [1.165, 1.54) is 4.68 Å². The van der Waals surface area contributed by atoms with E-state index in [-0.39, 0.29) is 5.82 Å². The Morgan fingerprint density at radius 3 is 2.67 bits per heavy atom. The molecule has 0 aliphatic carbocycles. The normalized spacial score (nSPS) is 11.0. The fourth-order valence-corrected chi connectivity index (χ4v) is 1.51. The van der Waals surface area contributed by atoms with Crippen molar-refractivity contribution < 1.29 is 0 Å². The van der Waals surface area contributed by atoms with Gasteiger partial charge in [-0.2, -0.15) is 15.5 Å². The molecule has 0 spiro atoms. The van der Waals surface area contributed by atoms with Crippen LogP contribution in [0.25, 0.3) is 0 Å². The van der Waals surface area contributed by atoms with Crippen molar-refractivity contribution in [1.29, 1.82) is 5.26 Å². The van der Waals surface area contributed by atoms with E-state index in [1.54, 1.807) is 20.9 Å². The number of nitrogens with one attached hydrogen (secondary N) is 1. The van der Waals surface area contributed by atoms with Crippen LogP contribution in [0.2, 0.25) is 0 Å². The predicted octanol–water partition coefficient (Wildman–Crippen LogP) is 1.63. The van der Waals surface area contributed by atoms with E-state index in [9.17, 15) is 0 Å². The molecule has 92 valence electrons. The van der Waals surface area contributed by atoms with Crippen LogP contribution in [0.1, 0.15) is 17.0 Å². The number of hydrogen-bond acceptors (Lipinski definition) is 6. The van der Waals surface area contributed by atoms with Crippen molar-refractivity contribution in [3.05, 3.63) is 17.0 Å². The average Bonchev–Trinajstić information content (AvgIpc) is 2.79. The van der Waals surface area contributed by atoms with Gasteiger partial charge in [-0.15, -0.1) is 10.2 Å². The van der Waals surface area contributed by atoms with Gasteiger partial charge in [0, 0.05) is 7.05 Å². The molecule has 2 heterocycles. The lowest BCUT2D eigenvalue weighted by Crippen LogP contribution is -1.96. The first-order chi connectivity index (χ1) is 8.54. The zero-order valence-electron chi connectivity index (χ0n) is 10.3. The van der Waals surface area contributed by atoms with Crippen LogP contribution in [0.15, 0.2) is 10.2 Å². The van der Waals surface area contributed by atoms with Crippen LogP contribution >= 0.6 is 0 Å². The highest BCUT2D eigenvalue weighted by molar-refractivity contribution is 5.61. The first-order valence-corrected chi connectivity index (χ1v) is 5.20. The van der Waals surface area contributed by atoms with Crippen molar-refractivity contribution in [1.82, 2.24) is 20.0 Å². The number of nitrogens with zero attached hydrogens (tertiary/aromatic N) is 6. The van der Waals surface area contributed by atoms with E-state index in [1.807, 2.05) is 6.07 Å². The van der Waals surface area contributed by atoms with Gasteiger partial charge >= 0.3 is 0 Å². The summed E-state index contributed by atoms with van der Waals surface area (Å²) in [5.74, 6) is 0.666. The monoisotopic (exact) mass is 244 g/mol. The molecule has 8 heteroatoms. The fraction of sp³-hybridized carbons (Fsp3) is 0.300. The number of azo groups is 1. The summed E-state index contributed by atoms with van der Waals surface area (Å²) >= 11 is 0. The van der Waals surface area contributed by atoms with Gasteiger partial charge in [-0.3, -0.25) is 9.78 Å². The number of nitrogen functional groups attached to an aromatic ring is 1. The van der Waals surface area contributed by atoms with Gasteiger partial charge in [0.05, 0.1) is 11.4 Å². The zero-order chi connectivity index (χ0) is 13.3. The Morgan fingerprint density at radius 1 is 1.39 bits per heavy atom. The standard InChI is InChI=1S/C10H12N8/c1-5-7(4-11)10(15-13-5)16-14-8-6(2)17-18(3)9(8)12/h12H2,1-3H3,(H,13,15). The highest BCUT2D eigenvalue weighted by atomic mass is 15.3. The van der Waals surface area contributed by atoms with Crippen LogP contribution in [-0.2, 0) is 7.05 Å². The Labute approximate surface area is 103 Å². The maximum absolute atomic E-state index is 8.95. The molecule has 0 radical (unpaired) electrons. The molecular weight excluding hydrogens is 232 g/mol. The van der Waals surface area contributed by atoms with Gasteiger partial charge in [0.15, 0.2) is 5.69 Å². The number of aromatic nitrogens is 4. The number of aromatic amines is 1. The van der Waals surface area contributed by atoms with Gasteiger partial charge in [0.2, 0.25) is 5.82 Å². The molecule has 0 fully saturated rings. The third-order valence-corrected chi connectivity index (χ3v) is 2.52. The second-order valence-electron chi connectivity index (χ2n) is 3.80. The number of nitriles is 1. The van der Waals surface area contributed by atoms with Crippen LogP contribution in [-0.4, -0.2) is 20.0 Å². The zero-order valence-corrected chi connectivity index (χ0v) is 10.3. The van der Waals surface area contributed by atoms with E-state index in [2.05, 4.69) is 25.5 Å². The third kappa shape index (κ3) is 1.82. The Balaban J connectivity index is 2.39. The summed E-state index contributed by atoms with van der Waals surface area (Å²) in [6, 6.07) is 2.01. The summed E-state index contributed by atoms with van der Waals surface area (Å²) in [4.78, 5) is 0. The second kappa shape index (κ2) is 4.29. The Hall–Kier alpha value is -2.69. The summed E-state index contributed by atoms with van der Waals surface area (Å²) in [7, 11) is 1.72. The number of nitrogens with two attached hydrogens (primary N) is 1. The van der Waals surface area contributed by atoms with Gasteiger partial charge in [-0.1, -0.05) is 0 Å². The fourth-order valence-electron chi connectivity index (χ4n) is 1.51. The van der Waals surface area contributed by atoms with Crippen molar-refractivity contribution >= 4 is 17.3 Å². The van der Waals surface area contributed by atoms with Crippen molar-refractivity contribution in [3.63, 3.8) is 0 Å². The Kier molecular flexibility index (Phi) is 2.81. The molecule has 8 nitrogen and oxygen atoms in total. The summed E-state index contributed by atoms with van der Waals surface area (Å²) in [6.07, 6.45) is 0. The summed E-state index contributed by atoms with van der Waals surface area (Å²) in [5, 5.41) is 27.6. The maximum atomic E-state index is 8.95. The van der Waals surface area contributed by atoms with E-state index in [0.717, 1.165) is 0 Å². The number of rotatable bonds is 2. The van der Waals surface area contributed by atoms with Crippen molar-refractivity contribution in [2.24, 2.45) is 17.3 Å². The molecular formula is C10H12N8. The molecule has 0 aliphatic heterocycles. The molecule has 0 aromatic carbocycles. The van der Waals surface area contributed by atoms with Gasteiger partial charge in [0.25, 0.3) is 0 Å². The number of hydrogen-bond donors (Lipinski definition) is 2. The molecule has 0 unspecified atom stereocenters. The average molecular weight is 244 g/mol. The summed E-state index contributed by atoms with van der Waals surface area (Å²) in [5.41, 5.74) is 7.98. The van der Waals surface area contributed by atoms with Crippen molar-refractivity contribution in [2.75, 3.05) is 5.73 Å². The van der Waals surface area contributed by atoms with Crippen molar-refractivity contribution in [3.8, 4) is 6.07 Å². The van der Waals surface area contributed by atoms with Crippen molar-refractivity contribution in [2.45, 2.75) is 13.8 Å². The van der Waals surface area contributed by atoms with Crippen LogP contribution < -0.4 is 5.73 Å². The smallest absolute Gasteiger partial charge is 0.213 e. The summed E-state index contributed by atoms with van der Waals surface area (Å²) < 4.78 is 1.52. The lowest BCUT2D eigenvalue weighted by molar-refractivity contribution is 0.767. The maximum Gasteiger partial charge on any atom is 0.213 e. The quantitative estimate of drug-likeness (QED) is 0.779. The topological polar surface area (TPSA) is 121 Å². The second-order valence-corrected chi connectivity index (χ2v) is 3.80. The van der Waals surface area contributed by atoms with Gasteiger partial charge in [-0.05, 0) is 13.8 Å². The summed E-state index contributed by atoms with van der Waals surface area (Å²) in [6.45, 7) is 3.53. The largest absolute Gasteiger partial charge is 0.382 e. The van der Waals surface area contributed by atoms with E-state index in [0.29, 0.717) is 28.5 Å². The van der Waals surface area contributed by atoms with Gasteiger partial charge in [-0.25, -0.2) is 0 Å². The first-order valence-electron chi connectivity index (χ1n) is 5.20. The third-order valence-electron chi connectivity index (χ3n) is 2.52. The molecule has 18 heavy (non-hydrogen) atoms. The molecule has 0 saturated carbocycles. The lowest BCUT2D eigenvalue weighted by Gasteiger charge is -1.92. The first kappa shape index (κ1) is 11.8. The molecule has 0 aliphatic rings. The van der Waals surface area contributed by atoms with Crippen LogP contribution in [0.4, 0.5) is 17.3 Å². The Bertz CT molecular complexity index is 654. The number of aryl methyl sites for hydroxylation is 3. The molecule has 3 N–H and O–H groups in total. The Morgan fingerprint density at radius 2 is 2.11 bits per heavy atom. The predicted molar refractivity (Wildman–Crippen MR) is 64.6 cm³/mol. The number of H-pyrrole nitrogens is 1. The van der Waals surface area contributed by atoms with Crippen LogP contribution in [0.5, 0.6) is 0 Å². The highest BCUT2D eigenvalue weighted by Gasteiger charge is 2.12. The molecule has 0 saturated heterocycles. The van der Waals surface area contributed by atoms with E-state index >= 15 is 0 Å². The van der Waals surface area contributed by atoms with Crippen LogP contribution in [0, 0.1) is 25.2 Å². The minimum absolute atomic E-state index is 0.248. The molecule has 2 aromatic heterocycles.